The van der Waals surface area contributed by atoms with Gasteiger partial charge in [0.15, 0.2) is 0 Å². The lowest BCUT2D eigenvalue weighted by Crippen LogP contribution is -2.47. The second-order valence-corrected chi connectivity index (χ2v) is 8.18. The van der Waals surface area contributed by atoms with Crippen molar-refractivity contribution in [3.8, 4) is 0 Å². The van der Waals surface area contributed by atoms with E-state index >= 15 is 0 Å². The highest BCUT2D eigenvalue weighted by Gasteiger charge is 2.54. The van der Waals surface area contributed by atoms with Gasteiger partial charge in [-0.2, -0.15) is 0 Å². The molecule has 1 heterocycles. The summed E-state index contributed by atoms with van der Waals surface area (Å²) in [4.78, 5) is 39.8. The van der Waals surface area contributed by atoms with Gasteiger partial charge in [-0.05, 0) is 54.4 Å². The predicted octanol–water partition coefficient (Wildman–Crippen LogP) is 3.92. The standard InChI is InChI=1S/C24H27N3O3/c1-3-16(2)18-11-5-7-13-20(18)25-21(28)15-27-22(29)24(26-23(27)30)14-8-10-17-9-4-6-12-19(17)24/h4-7,9,11-13,16H,3,8,10,14-15H2,1-2H3,(H,25,28)(H,26,30)/t16-,24-/m0/s1. The molecule has 2 N–H and O–H groups in total. The van der Waals surface area contributed by atoms with Crippen LogP contribution in [-0.4, -0.2) is 29.3 Å². The van der Waals surface area contributed by atoms with Crippen molar-refractivity contribution in [2.75, 3.05) is 11.9 Å². The molecule has 1 saturated heterocycles. The number of rotatable bonds is 5. The van der Waals surface area contributed by atoms with Crippen molar-refractivity contribution in [1.29, 1.82) is 0 Å². The van der Waals surface area contributed by atoms with Crippen molar-refractivity contribution in [1.82, 2.24) is 10.2 Å². The first-order valence-corrected chi connectivity index (χ1v) is 10.6. The van der Waals surface area contributed by atoms with Crippen molar-refractivity contribution in [2.45, 2.75) is 51.0 Å². The number of nitrogens with one attached hydrogen (secondary N) is 2. The van der Waals surface area contributed by atoms with Gasteiger partial charge in [0.25, 0.3) is 5.91 Å². The Kier molecular flexibility index (Phi) is 5.33. The highest BCUT2D eigenvalue weighted by molar-refractivity contribution is 6.10. The monoisotopic (exact) mass is 405 g/mol. The Morgan fingerprint density at radius 3 is 2.70 bits per heavy atom. The highest BCUT2D eigenvalue weighted by atomic mass is 16.2. The first-order valence-electron chi connectivity index (χ1n) is 10.6. The van der Waals surface area contributed by atoms with E-state index in [1.54, 1.807) is 0 Å². The molecular weight excluding hydrogens is 378 g/mol. The maximum atomic E-state index is 13.3. The number of para-hydroxylation sites is 1. The van der Waals surface area contributed by atoms with Crippen molar-refractivity contribution in [3.63, 3.8) is 0 Å². The minimum Gasteiger partial charge on any atom is -0.324 e. The van der Waals surface area contributed by atoms with E-state index in [2.05, 4.69) is 24.5 Å². The van der Waals surface area contributed by atoms with Crippen LogP contribution < -0.4 is 10.6 Å². The lowest BCUT2D eigenvalue weighted by molar-refractivity contribution is -0.134. The number of fused-ring (bicyclic) bond motifs is 2. The Balaban J connectivity index is 1.54. The number of nitrogens with zero attached hydrogens (tertiary/aromatic N) is 1. The second kappa shape index (κ2) is 7.94. The smallest absolute Gasteiger partial charge is 0.324 e. The van der Waals surface area contributed by atoms with Gasteiger partial charge in [0.1, 0.15) is 12.1 Å². The number of benzene rings is 2. The maximum Gasteiger partial charge on any atom is 0.325 e. The first kappa shape index (κ1) is 20.1. The van der Waals surface area contributed by atoms with E-state index in [4.69, 9.17) is 0 Å². The highest BCUT2D eigenvalue weighted by Crippen LogP contribution is 2.39. The number of anilines is 1. The van der Waals surface area contributed by atoms with Crippen LogP contribution in [0.3, 0.4) is 0 Å². The van der Waals surface area contributed by atoms with Gasteiger partial charge in [0, 0.05) is 5.69 Å². The van der Waals surface area contributed by atoms with Gasteiger partial charge >= 0.3 is 6.03 Å². The molecule has 6 nitrogen and oxygen atoms in total. The van der Waals surface area contributed by atoms with Crippen LogP contribution in [0.1, 0.15) is 55.7 Å². The SMILES string of the molecule is CC[C@H](C)c1ccccc1NC(=O)CN1C(=O)N[C@]2(CCCc3ccccc32)C1=O. The molecule has 1 fully saturated rings. The third-order valence-electron chi connectivity index (χ3n) is 6.33. The lowest BCUT2D eigenvalue weighted by atomic mass is 9.76. The van der Waals surface area contributed by atoms with E-state index in [0.29, 0.717) is 12.3 Å². The van der Waals surface area contributed by atoms with E-state index in [0.717, 1.165) is 46.5 Å². The summed E-state index contributed by atoms with van der Waals surface area (Å²) in [5.41, 5.74) is 2.64. The quantitative estimate of drug-likeness (QED) is 0.740. The number of amides is 4. The van der Waals surface area contributed by atoms with Crippen LogP contribution in [0.25, 0.3) is 0 Å². The molecule has 2 aromatic carbocycles. The van der Waals surface area contributed by atoms with Crippen LogP contribution in [0.2, 0.25) is 0 Å². The van der Waals surface area contributed by atoms with E-state index in [9.17, 15) is 14.4 Å². The average molecular weight is 405 g/mol. The van der Waals surface area contributed by atoms with Crippen molar-refractivity contribution >= 4 is 23.5 Å². The Hall–Kier alpha value is -3.15. The minimum atomic E-state index is -1.05. The second-order valence-electron chi connectivity index (χ2n) is 8.18. The Labute approximate surface area is 176 Å². The van der Waals surface area contributed by atoms with Crippen LogP contribution >= 0.6 is 0 Å². The largest absolute Gasteiger partial charge is 0.325 e. The van der Waals surface area contributed by atoms with Gasteiger partial charge in [-0.25, -0.2) is 4.79 Å². The van der Waals surface area contributed by atoms with E-state index in [-0.39, 0.29) is 18.4 Å². The molecule has 4 rings (SSSR count). The molecular formula is C24H27N3O3. The van der Waals surface area contributed by atoms with E-state index in [1.807, 2.05) is 48.5 Å². The van der Waals surface area contributed by atoms with Crippen LogP contribution in [-0.2, 0) is 21.5 Å². The molecule has 156 valence electrons. The Bertz CT molecular complexity index is 1000. The molecule has 30 heavy (non-hydrogen) atoms. The number of carbonyl (C=O) groups is 3. The molecule has 0 unspecified atom stereocenters. The summed E-state index contributed by atoms with van der Waals surface area (Å²) < 4.78 is 0. The summed E-state index contributed by atoms with van der Waals surface area (Å²) in [5, 5.41) is 5.78. The average Bonchev–Trinajstić information content (AvgIpc) is 2.98. The predicted molar refractivity (Wildman–Crippen MR) is 115 cm³/mol. The third kappa shape index (κ3) is 3.36. The molecule has 4 amide bonds. The molecule has 0 bridgehead atoms. The van der Waals surface area contributed by atoms with E-state index in [1.165, 1.54) is 0 Å². The fraction of sp³-hybridized carbons (Fsp3) is 0.375. The summed E-state index contributed by atoms with van der Waals surface area (Å²) in [7, 11) is 0. The van der Waals surface area contributed by atoms with Gasteiger partial charge in [-0.15, -0.1) is 0 Å². The maximum absolute atomic E-state index is 13.3. The molecule has 0 radical (unpaired) electrons. The topological polar surface area (TPSA) is 78.5 Å². The number of urea groups is 1. The Morgan fingerprint density at radius 2 is 1.90 bits per heavy atom. The zero-order valence-corrected chi connectivity index (χ0v) is 17.4. The lowest BCUT2D eigenvalue weighted by Gasteiger charge is -2.33. The molecule has 2 aliphatic rings. The van der Waals surface area contributed by atoms with Crippen LogP contribution in [0.4, 0.5) is 10.5 Å². The fourth-order valence-electron chi connectivity index (χ4n) is 4.55. The number of imide groups is 1. The molecule has 1 aliphatic carbocycles. The number of carbonyl (C=O) groups excluding carboxylic acids is 3. The first-order chi connectivity index (χ1) is 14.5. The number of hydrogen-bond acceptors (Lipinski definition) is 3. The van der Waals surface area contributed by atoms with Crippen molar-refractivity contribution in [3.05, 3.63) is 65.2 Å². The summed E-state index contributed by atoms with van der Waals surface area (Å²) in [6.07, 6.45) is 3.19. The van der Waals surface area contributed by atoms with E-state index < -0.39 is 11.6 Å². The van der Waals surface area contributed by atoms with Gasteiger partial charge in [-0.1, -0.05) is 56.3 Å². The summed E-state index contributed by atoms with van der Waals surface area (Å²) in [5.74, 6) is -0.430. The minimum absolute atomic E-state index is 0.292. The molecule has 0 saturated carbocycles. The fourth-order valence-corrected chi connectivity index (χ4v) is 4.55. The third-order valence-corrected chi connectivity index (χ3v) is 6.33. The zero-order chi connectivity index (χ0) is 21.3. The summed E-state index contributed by atoms with van der Waals surface area (Å²) in [6, 6.07) is 14.9. The summed E-state index contributed by atoms with van der Waals surface area (Å²) >= 11 is 0. The zero-order valence-electron chi connectivity index (χ0n) is 17.4. The molecule has 2 atom stereocenters. The molecule has 0 aromatic heterocycles. The van der Waals surface area contributed by atoms with Crippen molar-refractivity contribution in [2.24, 2.45) is 0 Å². The number of hydrogen-bond donors (Lipinski definition) is 2. The van der Waals surface area contributed by atoms with Gasteiger partial charge < -0.3 is 10.6 Å². The molecule has 2 aromatic rings. The van der Waals surface area contributed by atoms with Crippen LogP contribution in [0.15, 0.2) is 48.5 Å². The molecule has 1 spiro atoms. The van der Waals surface area contributed by atoms with Gasteiger partial charge in [-0.3, -0.25) is 14.5 Å². The number of aryl methyl sites for hydroxylation is 1. The molecule has 1 aliphatic heterocycles. The normalized spacial score (nSPS) is 21.3. The van der Waals surface area contributed by atoms with Gasteiger partial charge in [0.2, 0.25) is 5.91 Å². The van der Waals surface area contributed by atoms with Crippen molar-refractivity contribution < 1.29 is 14.4 Å². The van der Waals surface area contributed by atoms with Crippen LogP contribution in [0, 0.1) is 0 Å². The van der Waals surface area contributed by atoms with Gasteiger partial charge in [0.05, 0.1) is 0 Å². The van der Waals surface area contributed by atoms with Crippen LogP contribution in [0.5, 0.6) is 0 Å². The Morgan fingerprint density at radius 1 is 1.17 bits per heavy atom. The molecule has 6 heteroatoms. The summed E-state index contributed by atoms with van der Waals surface area (Å²) in [6.45, 7) is 3.90.